The van der Waals surface area contributed by atoms with Crippen molar-refractivity contribution in [2.75, 3.05) is 77.2 Å². The summed E-state index contributed by atoms with van der Waals surface area (Å²) in [5.74, 6) is -1.94. The minimum Gasteiger partial charge on any atom is -0.493 e. The number of pyridine rings is 4. The zero-order chi connectivity index (χ0) is 65.8. The molecule has 2 N–H and O–H groups in total. The maximum Gasteiger partial charge on any atom is 0.271 e. The lowest BCUT2D eigenvalue weighted by Gasteiger charge is -2.23. The van der Waals surface area contributed by atoms with E-state index in [4.69, 9.17) is 57.4 Å². The summed E-state index contributed by atoms with van der Waals surface area (Å²) in [5.41, 5.74) is -0.356. The summed E-state index contributed by atoms with van der Waals surface area (Å²) in [6.45, 7) is 5.59. The van der Waals surface area contributed by atoms with Gasteiger partial charge >= 0.3 is 0 Å². The Kier molecular flexibility index (Phi) is 19.6. The van der Waals surface area contributed by atoms with E-state index in [2.05, 4.69) is 20.6 Å². The van der Waals surface area contributed by atoms with Gasteiger partial charge in [0.05, 0.1) is 41.6 Å². The van der Waals surface area contributed by atoms with Gasteiger partial charge in [-0.3, -0.25) is 38.3 Å². The second-order valence-electron chi connectivity index (χ2n) is 20.2. The molecule has 0 spiro atoms. The molecule has 0 saturated heterocycles. The monoisotopic (exact) mass is 1290 g/mol. The zero-order valence-electron chi connectivity index (χ0n) is 50.3. The minimum atomic E-state index is -0.837. The van der Waals surface area contributed by atoms with Crippen LogP contribution >= 0.6 is 0 Å². The van der Waals surface area contributed by atoms with Crippen LogP contribution < -0.4 is 69.1 Å². The highest BCUT2D eigenvalue weighted by atomic mass is 19.1. The summed E-state index contributed by atoms with van der Waals surface area (Å²) in [4.78, 5) is 62.3. The Balaban J connectivity index is 0.000000192. The number of carbonyl (C=O) groups excluding carboxylic acids is 2. The Morgan fingerprint density at radius 1 is 0.521 bits per heavy atom. The Morgan fingerprint density at radius 3 is 1.37 bits per heavy atom. The van der Waals surface area contributed by atoms with Gasteiger partial charge in [-0.05, 0) is 111 Å². The van der Waals surface area contributed by atoms with E-state index in [1.807, 2.05) is 6.07 Å². The molecule has 94 heavy (non-hydrogen) atoms. The maximum absolute atomic E-state index is 15.5. The summed E-state index contributed by atoms with van der Waals surface area (Å²) in [6.07, 6.45) is 6.49. The van der Waals surface area contributed by atoms with Crippen LogP contribution in [0.3, 0.4) is 0 Å². The highest BCUT2D eigenvalue weighted by Gasteiger charge is 2.29. The number of nitrogens with zero attached hydrogens (tertiary/aromatic N) is 5. The van der Waals surface area contributed by atoms with Gasteiger partial charge in [-0.15, -0.1) is 0 Å². The summed E-state index contributed by atoms with van der Waals surface area (Å²) < 4.78 is 123. The number of methoxy groups -OCH3 is 1. The number of halogens is 4. The van der Waals surface area contributed by atoms with Crippen molar-refractivity contribution in [3.63, 3.8) is 0 Å². The summed E-state index contributed by atoms with van der Waals surface area (Å²) in [7, 11) is 1.62. The molecular weight excluding hydrogens is 1230 g/mol. The van der Waals surface area contributed by atoms with Gasteiger partial charge < -0.3 is 62.7 Å². The van der Waals surface area contributed by atoms with Gasteiger partial charge in [0.15, 0.2) is 52.7 Å². The van der Waals surface area contributed by atoms with Crippen molar-refractivity contribution < 1.29 is 79.3 Å². The van der Waals surface area contributed by atoms with Gasteiger partial charge in [-0.1, -0.05) is 0 Å². The van der Waals surface area contributed by atoms with Gasteiger partial charge in [0.1, 0.15) is 78.3 Å². The third kappa shape index (κ3) is 13.9. The fourth-order valence-corrected chi connectivity index (χ4v) is 9.99. The van der Waals surface area contributed by atoms with E-state index in [-0.39, 0.29) is 114 Å². The molecule has 12 rings (SSSR count). The number of nitriles is 1. The molecule has 22 nitrogen and oxygen atoms in total. The molecule has 2 aliphatic heterocycles. The van der Waals surface area contributed by atoms with Gasteiger partial charge in [0.25, 0.3) is 22.9 Å². The number of hydrogen-bond donors (Lipinski definition) is 2. The van der Waals surface area contributed by atoms with Crippen LogP contribution in [0.1, 0.15) is 41.0 Å². The van der Waals surface area contributed by atoms with Crippen molar-refractivity contribution in [2.45, 2.75) is 20.3 Å². The van der Waals surface area contributed by atoms with Crippen LogP contribution in [0.4, 0.5) is 28.9 Å². The number of carbonyl (C=O) groups is 2. The molecule has 10 aromatic rings. The van der Waals surface area contributed by atoms with E-state index in [0.717, 1.165) is 12.1 Å². The third-order valence-corrected chi connectivity index (χ3v) is 14.1. The molecule has 4 aromatic heterocycles. The minimum absolute atomic E-state index is 0.0315. The maximum atomic E-state index is 15.5. The van der Waals surface area contributed by atoms with Crippen molar-refractivity contribution in [1.29, 1.82) is 5.26 Å². The molecule has 0 saturated carbocycles. The van der Waals surface area contributed by atoms with E-state index < -0.39 is 46.2 Å². The molecule has 0 radical (unpaired) electrons. The molecule has 2 aliphatic rings. The van der Waals surface area contributed by atoms with Gasteiger partial charge in [0, 0.05) is 91.9 Å². The van der Waals surface area contributed by atoms with Crippen LogP contribution in [0.5, 0.6) is 69.0 Å². The topological polar surface area (TPSA) is 253 Å². The molecular formula is C68H55F4N7O15. The van der Waals surface area contributed by atoms with Gasteiger partial charge in [-0.25, -0.2) is 17.6 Å². The third-order valence-electron chi connectivity index (χ3n) is 14.1. The number of ether oxygens (including phenoxy) is 11. The molecule has 480 valence electrons. The number of nitrogens with one attached hydrogen (secondary N) is 2. The van der Waals surface area contributed by atoms with Crippen LogP contribution in [0.2, 0.25) is 0 Å². The summed E-state index contributed by atoms with van der Waals surface area (Å²) >= 11 is 0. The average molecular weight is 1290 g/mol. The molecule has 0 aliphatic carbocycles. The number of benzene rings is 6. The van der Waals surface area contributed by atoms with Crippen molar-refractivity contribution in [3.05, 3.63) is 201 Å². The van der Waals surface area contributed by atoms with E-state index in [0.29, 0.717) is 76.7 Å². The van der Waals surface area contributed by atoms with Crippen molar-refractivity contribution in [2.24, 2.45) is 0 Å². The van der Waals surface area contributed by atoms with Crippen LogP contribution in [-0.4, -0.2) is 97.5 Å². The van der Waals surface area contributed by atoms with Crippen LogP contribution in [0, 0.1) is 34.6 Å². The zero-order valence-corrected chi connectivity index (χ0v) is 50.3. The molecule has 6 aromatic carbocycles. The number of anilines is 2. The lowest BCUT2D eigenvalue weighted by Crippen LogP contribution is -2.29. The largest absolute Gasteiger partial charge is 0.493 e. The molecule has 0 unspecified atom stereocenters. The van der Waals surface area contributed by atoms with Crippen molar-refractivity contribution in [3.8, 4) is 86.4 Å². The van der Waals surface area contributed by atoms with Gasteiger partial charge in [-0.2, -0.15) is 5.26 Å². The first-order valence-electron chi connectivity index (χ1n) is 29.2. The normalized spacial score (nSPS) is 12.0. The molecule has 0 bridgehead atoms. The molecule has 2 amide bonds. The second kappa shape index (κ2) is 29.0. The van der Waals surface area contributed by atoms with Crippen molar-refractivity contribution in [1.82, 2.24) is 19.1 Å². The Morgan fingerprint density at radius 2 is 0.957 bits per heavy atom. The summed E-state index contributed by atoms with van der Waals surface area (Å²) in [6, 6.07) is 29.2. The second-order valence-corrected chi connectivity index (χ2v) is 20.2. The first-order valence-corrected chi connectivity index (χ1v) is 29.2. The number of aromatic nitrogens is 4. The fraction of sp³-hybridized carbons (Fsp3) is 0.191. The Labute approximate surface area is 531 Å². The first kappa shape index (κ1) is 63.7. The van der Waals surface area contributed by atoms with E-state index in [1.165, 1.54) is 125 Å². The van der Waals surface area contributed by atoms with Crippen LogP contribution in [-0.2, 0) is 4.74 Å². The average Bonchev–Trinajstić information content (AvgIpc) is 1.10. The fourth-order valence-electron chi connectivity index (χ4n) is 9.99. The van der Waals surface area contributed by atoms with Gasteiger partial charge in [0.2, 0.25) is 11.5 Å². The molecule has 6 heterocycles. The molecule has 0 fully saturated rings. The predicted molar refractivity (Wildman–Crippen MR) is 334 cm³/mol. The summed E-state index contributed by atoms with van der Waals surface area (Å²) in [5, 5.41) is 14.9. The SMILES string of the molecule is CCOc1ccn(-c2ccc(F)cc2)c(=O)c1C(=O)Nc1ccc(Oc2ccnc3cc(OCC#N)c4c(c23)OCCO4)c(F)c1.CCOc1ccn(-c2ccc(F)cc2)c(=O)c1C(=O)Nc1ccc(Oc2ccnc3cc(OCCCOC)c4c(c23)OCCO4)c(F)c1. The quantitative estimate of drug-likeness (QED) is 0.0501. The predicted octanol–water partition coefficient (Wildman–Crippen LogP) is 12.1. The molecule has 0 atom stereocenters. The standard InChI is InChI=1S/C35H31F2N3O8.C33H24F2N4O7/c1-3-44-27-12-14-40(23-8-5-21(36)6-9-23)35(42)31(27)34(41)39-22-7-10-26(24(37)19-22)48-28-11-13-38-25-20-29(45-16-4-15-43-2)32-33(30(25)28)47-18-17-46-32;1-2-42-25-10-13-39(21-6-3-19(34)4-7-21)33(41)29(25)32(40)38-20-5-8-24(22(35)17-20)46-26-9-12-37-23-18-27(43-14-11-36)30-31(28(23)26)45-16-15-44-30/h5-14,19-20H,3-4,15-18H2,1-2H3,(H,39,41);3-10,12-13,17-18H,2,14-16H2,1H3,(H,38,40). The number of fused-ring (bicyclic) bond motifs is 6. The van der Waals surface area contributed by atoms with E-state index in [1.54, 1.807) is 39.2 Å². The first-order chi connectivity index (χ1) is 45.7. The van der Waals surface area contributed by atoms with Crippen molar-refractivity contribution >= 4 is 45.0 Å². The van der Waals surface area contributed by atoms with Crippen LogP contribution in [0.25, 0.3) is 33.2 Å². The number of rotatable bonds is 21. The smallest absolute Gasteiger partial charge is 0.271 e. The van der Waals surface area contributed by atoms with E-state index in [9.17, 15) is 28.0 Å². The van der Waals surface area contributed by atoms with E-state index >= 15 is 8.78 Å². The molecule has 26 heteroatoms. The lowest BCUT2D eigenvalue weighted by atomic mass is 10.1. The Bertz CT molecular complexity index is 4660. The lowest BCUT2D eigenvalue weighted by molar-refractivity contribution is 0.101. The highest BCUT2D eigenvalue weighted by Crippen LogP contribution is 2.50. The highest BCUT2D eigenvalue weighted by molar-refractivity contribution is 6.07. The Hall–Kier alpha value is -11.9. The number of hydrogen-bond acceptors (Lipinski definition) is 18. The van der Waals surface area contributed by atoms with Crippen LogP contribution in [0.15, 0.2) is 156 Å². The number of amides is 2.